The van der Waals surface area contributed by atoms with Crippen LogP contribution < -0.4 is 5.32 Å². The topological polar surface area (TPSA) is 70.7 Å². The summed E-state index contributed by atoms with van der Waals surface area (Å²) in [6.07, 6.45) is 3.71. The normalized spacial score (nSPS) is 10.8. The van der Waals surface area contributed by atoms with Gasteiger partial charge in [-0.3, -0.25) is 9.78 Å². The quantitative estimate of drug-likeness (QED) is 0.361. The van der Waals surface area contributed by atoms with Crippen LogP contribution in [0.1, 0.15) is 17.5 Å². The molecule has 0 unspecified atom stereocenters. The van der Waals surface area contributed by atoms with Crippen molar-refractivity contribution in [3.05, 3.63) is 84.2 Å². The van der Waals surface area contributed by atoms with E-state index in [9.17, 15) is 4.79 Å². The standard InChI is InChI=1S/C25H24N4OS/c1-17-3-7-19(8-4-17)23-24(20-9-5-18(2)6-10-20)29-25(28-23)31-16-13-22(30)27-21-11-14-26-15-12-21/h3-12,14-15H,13,16H2,1-2H3,(H,28,29)(H,26,27,30). The predicted molar refractivity (Wildman–Crippen MR) is 127 cm³/mol. The molecule has 0 fully saturated rings. The fourth-order valence-electron chi connectivity index (χ4n) is 3.17. The Bertz CT molecular complexity index is 1090. The number of carbonyl (C=O) groups excluding carboxylic acids is 1. The molecule has 0 saturated heterocycles. The lowest BCUT2D eigenvalue weighted by atomic mass is 10.0. The Morgan fingerprint density at radius 3 is 2.16 bits per heavy atom. The van der Waals surface area contributed by atoms with Crippen molar-refractivity contribution >= 4 is 23.4 Å². The molecule has 0 atom stereocenters. The van der Waals surface area contributed by atoms with Crippen LogP contribution in [-0.2, 0) is 4.79 Å². The van der Waals surface area contributed by atoms with Gasteiger partial charge in [0.15, 0.2) is 5.16 Å². The highest BCUT2D eigenvalue weighted by atomic mass is 32.2. The minimum Gasteiger partial charge on any atom is -0.332 e. The third-order valence-electron chi connectivity index (χ3n) is 4.88. The van der Waals surface area contributed by atoms with Crippen molar-refractivity contribution in [2.45, 2.75) is 25.4 Å². The molecule has 0 aliphatic rings. The van der Waals surface area contributed by atoms with Gasteiger partial charge in [-0.15, -0.1) is 0 Å². The molecule has 0 aliphatic heterocycles. The number of hydrogen-bond acceptors (Lipinski definition) is 4. The maximum Gasteiger partial charge on any atom is 0.225 e. The number of aryl methyl sites for hydroxylation is 2. The van der Waals surface area contributed by atoms with Crippen molar-refractivity contribution in [2.24, 2.45) is 0 Å². The van der Waals surface area contributed by atoms with Crippen molar-refractivity contribution in [3.63, 3.8) is 0 Å². The number of amides is 1. The second kappa shape index (κ2) is 9.62. The van der Waals surface area contributed by atoms with E-state index in [1.807, 2.05) is 0 Å². The van der Waals surface area contributed by atoms with Crippen molar-refractivity contribution in [2.75, 3.05) is 11.1 Å². The summed E-state index contributed by atoms with van der Waals surface area (Å²) in [6, 6.07) is 20.4. The molecule has 5 nitrogen and oxygen atoms in total. The number of pyridine rings is 1. The summed E-state index contributed by atoms with van der Waals surface area (Å²) in [4.78, 5) is 24.5. The Hall–Kier alpha value is -3.38. The van der Waals surface area contributed by atoms with Crippen LogP contribution in [0.5, 0.6) is 0 Å². The second-order valence-corrected chi connectivity index (χ2v) is 8.46. The fraction of sp³-hybridized carbons (Fsp3) is 0.160. The highest BCUT2D eigenvalue weighted by molar-refractivity contribution is 7.99. The van der Waals surface area contributed by atoms with Gasteiger partial charge in [0.25, 0.3) is 0 Å². The smallest absolute Gasteiger partial charge is 0.225 e. The van der Waals surface area contributed by atoms with Crippen molar-refractivity contribution in [3.8, 4) is 22.5 Å². The number of H-pyrrole nitrogens is 1. The molecular formula is C25H24N4OS. The molecule has 0 bridgehead atoms. The SMILES string of the molecule is Cc1ccc(-c2nc(SCCC(=O)Nc3ccncc3)[nH]c2-c2ccc(C)cc2)cc1. The maximum atomic E-state index is 12.2. The highest BCUT2D eigenvalue weighted by Gasteiger charge is 2.15. The molecule has 6 heteroatoms. The van der Waals surface area contributed by atoms with Crippen molar-refractivity contribution in [1.82, 2.24) is 15.0 Å². The zero-order valence-electron chi connectivity index (χ0n) is 17.6. The monoisotopic (exact) mass is 428 g/mol. The molecular weight excluding hydrogens is 404 g/mol. The summed E-state index contributed by atoms with van der Waals surface area (Å²) >= 11 is 1.55. The molecule has 2 aromatic heterocycles. The molecule has 2 heterocycles. The van der Waals surface area contributed by atoms with Crippen molar-refractivity contribution in [1.29, 1.82) is 0 Å². The van der Waals surface area contributed by atoms with E-state index in [0.29, 0.717) is 12.2 Å². The van der Waals surface area contributed by atoms with E-state index < -0.39 is 0 Å². The molecule has 31 heavy (non-hydrogen) atoms. The Morgan fingerprint density at radius 2 is 1.52 bits per heavy atom. The summed E-state index contributed by atoms with van der Waals surface area (Å²) < 4.78 is 0. The number of anilines is 1. The van der Waals surface area contributed by atoms with Gasteiger partial charge in [-0.05, 0) is 26.0 Å². The van der Waals surface area contributed by atoms with E-state index >= 15 is 0 Å². The molecule has 1 amide bonds. The molecule has 2 aromatic carbocycles. The summed E-state index contributed by atoms with van der Waals surface area (Å²) in [5, 5.41) is 3.69. The van der Waals surface area contributed by atoms with Crippen LogP contribution in [0.3, 0.4) is 0 Å². The minimum atomic E-state index is -0.0252. The number of hydrogen-bond donors (Lipinski definition) is 2. The Balaban J connectivity index is 1.50. The molecule has 156 valence electrons. The van der Waals surface area contributed by atoms with Gasteiger partial charge < -0.3 is 10.3 Å². The maximum absolute atomic E-state index is 12.2. The van der Waals surface area contributed by atoms with Gasteiger partial charge in [-0.2, -0.15) is 0 Å². The van der Waals surface area contributed by atoms with E-state index in [-0.39, 0.29) is 5.91 Å². The number of rotatable bonds is 7. The van der Waals surface area contributed by atoms with E-state index in [1.54, 1.807) is 36.3 Å². The number of imidazole rings is 1. The lowest BCUT2D eigenvalue weighted by molar-refractivity contribution is -0.115. The number of carbonyl (C=O) groups is 1. The first-order valence-electron chi connectivity index (χ1n) is 10.2. The molecule has 2 N–H and O–H groups in total. The number of thioether (sulfide) groups is 1. The fourth-order valence-corrected chi connectivity index (χ4v) is 3.98. The predicted octanol–water partition coefficient (Wildman–Crippen LogP) is 5.88. The zero-order chi connectivity index (χ0) is 21.6. The Morgan fingerprint density at radius 1 is 0.903 bits per heavy atom. The van der Waals surface area contributed by atoms with Gasteiger partial charge in [0.2, 0.25) is 5.91 Å². The lowest BCUT2D eigenvalue weighted by Crippen LogP contribution is -2.12. The van der Waals surface area contributed by atoms with Crippen LogP contribution in [0.25, 0.3) is 22.5 Å². The largest absolute Gasteiger partial charge is 0.332 e. The van der Waals surface area contributed by atoms with Gasteiger partial charge in [0, 0.05) is 41.4 Å². The Kier molecular flexibility index (Phi) is 6.48. The minimum absolute atomic E-state index is 0.0252. The third kappa shape index (κ3) is 5.41. The number of nitrogens with zero attached hydrogens (tertiary/aromatic N) is 2. The molecule has 4 aromatic rings. The van der Waals surface area contributed by atoms with Crippen LogP contribution >= 0.6 is 11.8 Å². The number of aromatic nitrogens is 3. The lowest BCUT2D eigenvalue weighted by Gasteiger charge is -2.04. The average molecular weight is 429 g/mol. The van der Waals surface area contributed by atoms with Crippen LogP contribution in [-0.4, -0.2) is 26.6 Å². The molecule has 4 rings (SSSR count). The number of benzene rings is 2. The van der Waals surface area contributed by atoms with E-state index in [1.165, 1.54) is 11.1 Å². The first-order chi connectivity index (χ1) is 15.1. The summed E-state index contributed by atoms with van der Waals surface area (Å²) in [5.41, 5.74) is 7.27. The third-order valence-corrected chi connectivity index (χ3v) is 5.75. The van der Waals surface area contributed by atoms with Crippen LogP contribution in [0.15, 0.2) is 78.2 Å². The average Bonchev–Trinajstić information content (AvgIpc) is 3.19. The highest BCUT2D eigenvalue weighted by Crippen LogP contribution is 2.33. The first kappa shape index (κ1) is 20.9. The van der Waals surface area contributed by atoms with Gasteiger partial charge in [0.1, 0.15) is 0 Å². The van der Waals surface area contributed by atoms with E-state index in [2.05, 4.69) is 77.7 Å². The van der Waals surface area contributed by atoms with Gasteiger partial charge in [-0.25, -0.2) is 4.98 Å². The number of aromatic amines is 1. The summed E-state index contributed by atoms with van der Waals surface area (Å²) in [5.74, 6) is 0.605. The summed E-state index contributed by atoms with van der Waals surface area (Å²) in [6.45, 7) is 4.16. The molecule has 0 radical (unpaired) electrons. The van der Waals surface area contributed by atoms with Gasteiger partial charge >= 0.3 is 0 Å². The van der Waals surface area contributed by atoms with E-state index in [0.717, 1.165) is 33.4 Å². The zero-order valence-corrected chi connectivity index (χ0v) is 18.4. The van der Waals surface area contributed by atoms with Crippen LogP contribution in [0.2, 0.25) is 0 Å². The van der Waals surface area contributed by atoms with Crippen LogP contribution in [0.4, 0.5) is 5.69 Å². The molecule has 0 aliphatic carbocycles. The Labute approximate surface area is 186 Å². The van der Waals surface area contributed by atoms with Crippen molar-refractivity contribution < 1.29 is 4.79 Å². The van der Waals surface area contributed by atoms with Gasteiger partial charge in [0.05, 0.1) is 11.4 Å². The second-order valence-electron chi connectivity index (χ2n) is 7.38. The summed E-state index contributed by atoms with van der Waals surface area (Å²) in [7, 11) is 0. The molecule has 0 spiro atoms. The first-order valence-corrected chi connectivity index (χ1v) is 11.1. The molecule has 0 saturated carbocycles. The van der Waals surface area contributed by atoms with Crippen LogP contribution in [0, 0.1) is 13.8 Å². The van der Waals surface area contributed by atoms with E-state index in [4.69, 9.17) is 4.98 Å². The number of nitrogens with one attached hydrogen (secondary N) is 2. The van der Waals surface area contributed by atoms with Gasteiger partial charge in [-0.1, -0.05) is 71.4 Å².